The van der Waals surface area contributed by atoms with Crippen LogP contribution in [0, 0.1) is 21.3 Å². The van der Waals surface area contributed by atoms with Crippen LogP contribution in [0.25, 0.3) is 0 Å². The van der Waals surface area contributed by atoms with Crippen molar-refractivity contribution in [3.63, 3.8) is 0 Å². The fraction of sp³-hybridized carbons (Fsp3) is 0.455. The van der Waals surface area contributed by atoms with E-state index in [0.717, 1.165) is 31.0 Å². The third kappa shape index (κ3) is 2.69. The topological polar surface area (TPSA) is 52.4 Å². The summed E-state index contributed by atoms with van der Waals surface area (Å²) >= 11 is 4.21. The second-order valence-corrected chi connectivity index (χ2v) is 4.63. The van der Waals surface area contributed by atoms with Crippen molar-refractivity contribution in [1.29, 1.82) is 0 Å². The van der Waals surface area contributed by atoms with E-state index in [1.165, 1.54) is 0 Å². The molecule has 0 spiro atoms. The van der Waals surface area contributed by atoms with Crippen molar-refractivity contribution in [2.45, 2.75) is 12.8 Å². The van der Waals surface area contributed by atoms with Crippen molar-refractivity contribution < 1.29 is 14.1 Å². The zero-order valence-electron chi connectivity index (χ0n) is 9.06. The Bertz CT molecular complexity index is 448. The van der Waals surface area contributed by atoms with Crippen molar-refractivity contribution in [1.82, 2.24) is 0 Å². The van der Waals surface area contributed by atoms with Crippen molar-refractivity contribution in [2.24, 2.45) is 5.41 Å². The van der Waals surface area contributed by atoms with Gasteiger partial charge in [-0.05, 0) is 24.7 Å². The predicted molar refractivity (Wildman–Crippen MR) is 64.1 cm³/mol. The number of hydrogen-bond acceptors (Lipinski definition) is 4. The molecule has 0 heterocycles. The third-order valence-corrected chi connectivity index (χ3v) is 3.62. The zero-order valence-corrected chi connectivity index (χ0v) is 9.95. The summed E-state index contributed by atoms with van der Waals surface area (Å²) in [6, 6.07) is 3.22. The molecular weight excluding hydrogens is 245 g/mol. The Morgan fingerprint density at radius 3 is 2.76 bits per heavy atom. The SMILES string of the molecule is O=[N+]([O-])c1ccc(F)cc1OCC1(CS)CC1. The van der Waals surface area contributed by atoms with E-state index in [1.807, 2.05) is 0 Å². The highest BCUT2D eigenvalue weighted by Crippen LogP contribution is 2.47. The van der Waals surface area contributed by atoms with Gasteiger partial charge in [-0.2, -0.15) is 12.6 Å². The second-order valence-electron chi connectivity index (χ2n) is 4.32. The van der Waals surface area contributed by atoms with Gasteiger partial charge < -0.3 is 4.74 Å². The zero-order chi connectivity index (χ0) is 12.5. The first kappa shape index (κ1) is 12.2. The molecule has 1 fully saturated rings. The van der Waals surface area contributed by atoms with Crippen LogP contribution in [0.15, 0.2) is 18.2 Å². The van der Waals surface area contributed by atoms with E-state index in [4.69, 9.17) is 4.74 Å². The van der Waals surface area contributed by atoms with E-state index in [0.29, 0.717) is 12.4 Å². The molecule has 1 aliphatic rings. The van der Waals surface area contributed by atoms with E-state index in [-0.39, 0.29) is 16.9 Å². The Kier molecular flexibility index (Phi) is 3.24. The Balaban J connectivity index is 2.13. The quantitative estimate of drug-likeness (QED) is 0.501. The maximum absolute atomic E-state index is 13.0. The molecule has 0 unspecified atom stereocenters. The lowest BCUT2D eigenvalue weighted by molar-refractivity contribution is -0.386. The molecule has 17 heavy (non-hydrogen) atoms. The fourth-order valence-electron chi connectivity index (χ4n) is 1.51. The molecule has 0 aromatic heterocycles. The first-order valence-corrected chi connectivity index (χ1v) is 5.87. The number of benzene rings is 1. The molecule has 6 heteroatoms. The van der Waals surface area contributed by atoms with E-state index >= 15 is 0 Å². The summed E-state index contributed by atoms with van der Waals surface area (Å²) in [6.45, 7) is 0.348. The number of ether oxygens (including phenoxy) is 1. The van der Waals surface area contributed by atoms with Crippen LogP contribution in [-0.4, -0.2) is 17.3 Å². The van der Waals surface area contributed by atoms with E-state index < -0.39 is 10.7 Å². The van der Waals surface area contributed by atoms with Crippen LogP contribution in [0.2, 0.25) is 0 Å². The Morgan fingerprint density at radius 1 is 1.53 bits per heavy atom. The number of nitrogens with zero attached hydrogens (tertiary/aromatic N) is 1. The monoisotopic (exact) mass is 257 g/mol. The molecule has 1 aliphatic carbocycles. The minimum Gasteiger partial charge on any atom is -0.486 e. The number of thiol groups is 1. The molecule has 1 aromatic carbocycles. The summed E-state index contributed by atoms with van der Waals surface area (Å²) in [5.74, 6) is 0.125. The van der Waals surface area contributed by atoms with Gasteiger partial charge in [0.25, 0.3) is 0 Å². The van der Waals surface area contributed by atoms with Crippen molar-refractivity contribution in [3.8, 4) is 5.75 Å². The molecule has 0 bridgehead atoms. The lowest BCUT2D eigenvalue weighted by Gasteiger charge is -2.13. The van der Waals surface area contributed by atoms with Crippen molar-refractivity contribution in [2.75, 3.05) is 12.4 Å². The normalized spacial score (nSPS) is 16.6. The van der Waals surface area contributed by atoms with Crippen LogP contribution in [0.1, 0.15) is 12.8 Å². The van der Waals surface area contributed by atoms with Crippen LogP contribution in [-0.2, 0) is 0 Å². The molecule has 2 rings (SSSR count). The Hall–Kier alpha value is -1.30. The average Bonchev–Trinajstić information content (AvgIpc) is 3.07. The summed E-state index contributed by atoms with van der Waals surface area (Å²) in [6.07, 6.45) is 2.00. The molecule has 0 atom stereocenters. The first-order chi connectivity index (χ1) is 8.06. The molecule has 92 valence electrons. The van der Waals surface area contributed by atoms with Crippen LogP contribution < -0.4 is 4.74 Å². The summed E-state index contributed by atoms with van der Waals surface area (Å²) < 4.78 is 18.4. The lowest BCUT2D eigenvalue weighted by Crippen LogP contribution is -2.15. The minimum absolute atomic E-state index is 0.0111. The average molecular weight is 257 g/mol. The van der Waals surface area contributed by atoms with Crippen molar-refractivity contribution >= 4 is 18.3 Å². The maximum Gasteiger partial charge on any atom is 0.311 e. The van der Waals surface area contributed by atoms with Gasteiger partial charge in [-0.1, -0.05) is 0 Å². The number of halogens is 1. The third-order valence-electron chi connectivity index (χ3n) is 2.94. The number of rotatable bonds is 5. The number of hydrogen-bond donors (Lipinski definition) is 1. The van der Waals surface area contributed by atoms with Gasteiger partial charge >= 0.3 is 5.69 Å². The van der Waals surface area contributed by atoms with Gasteiger partial charge in [0.05, 0.1) is 11.5 Å². The highest BCUT2D eigenvalue weighted by atomic mass is 32.1. The minimum atomic E-state index is -0.574. The molecular formula is C11H12FNO3S. The maximum atomic E-state index is 13.0. The molecule has 4 nitrogen and oxygen atoms in total. The van der Waals surface area contributed by atoms with E-state index in [1.54, 1.807) is 0 Å². The standard InChI is InChI=1S/C11H12FNO3S/c12-8-1-2-9(13(14)15)10(5-8)16-6-11(7-17)3-4-11/h1-2,5,17H,3-4,6-7H2. The number of nitro groups is 1. The fourth-order valence-corrected chi connectivity index (χ4v) is 1.92. The molecule has 1 saturated carbocycles. The lowest BCUT2D eigenvalue weighted by atomic mass is 10.1. The van der Waals surface area contributed by atoms with Gasteiger partial charge in [0.2, 0.25) is 0 Å². The predicted octanol–water partition coefficient (Wildman–Crippen LogP) is 2.82. The molecule has 0 aliphatic heterocycles. The van der Waals surface area contributed by atoms with Crippen LogP contribution in [0.4, 0.5) is 10.1 Å². The van der Waals surface area contributed by atoms with Gasteiger partial charge in [-0.15, -0.1) is 0 Å². The summed E-state index contributed by atoms with van der Waals surface area (Å²) in [5.41, 5.74) is -0.190. The molecule has 0 N–H and O–H groups in total. The molecule has 0 amide bonds. The van der Waals surface area contributed by atoms with Gasteiger partial charge in [0, 0.05) is 17.5 Å². The van der Waals surface area contributed by atoms with Gasteiger partial charge in [0.15, 0.2) is 5.75 Å². The Labute approximate surface area is 103 Å². The summed E-state index contributed by atoms with van der Waals surface area (Å²) in [5, 5.41) is 10.7. The number of nitro benzene ring substituents is 1. The van der Waals surface area contributed by atoms with Crippen LogP contribution in [0.3, 0.4) is 0 Å². The van der Waals surface area contributed by atoms with Crippen LogP contribution in [0.5, 0.6) is 5.75 Å². The molecule has 0 radical (unpaired) electrons. The van der Waals surface area contributed by atoms with E-state index in [9.17, 15) is 14.5 Å². The molecule has 1 aromatic rings. The highest BCUT2D eigenvalue weighted by Gasteiger charge is 2.42. The van der Waals surface area contributed by atoms with Gasteiger partial charge in [0.1, 0.15) is 5.82 Å². The second kappa shape index (κ2) is 4.52. The first-order valence-electron chi connectivity index (χ1n) is 5.24. The molecule has 0 saturated heterocycles. The van der Waals surface area contributed by atoms with Crippen LogP contribution >= 0.6 is 12.6 Å². The smallest absolute Gasteiger partial charge is 0.311 e. The van der Waals surface area contributed by atoms with Crippen molar-refractivity contribution in [3.05, 3.63) is 34.1 Å². The summed E-state index contributed by atoms with van der Waals surface area (Å²) in [7, 11) is 0. The van der Waals surface area contributed by atoms with Gasteiger partial charge in [-0.25, -0.2) is 4.39 Å². The summed E-state index contributed by atoms with van der Waals surface area (Å²) in [4.78, 5) is 10.2. The van der Waals surface area contributed by atoms with E-state index in [2.05, 4.69) is 12.6 Å². The largest absolute Gasteiger partial charge is 0.486 e. The highest BCUT2D eigenvalue weighted by molar-refractivity contribution is 7.80. The van der Waals surface area contributed by atoms with Gasteiger partial charge in [-0.3, -0.25) is 10.1 Å². The Morgan fingerprint density at radius 2 is 2.24 bits per heavy atom.